The second-order valence-electron chi connectivity index (χ2n) is 8.43. The molecule has 1 heterocycles. The van der Waals surface area contributed by atoms with Gasteiger partial charge in [-0.1, -0.05) is 17.7 Å². The minimum atomic E-state index is -1.11. The molecule has 170 valence electrons. The summed E-state index contributed by atoms with van der Waals surface area (Å²) in [5.41, 5.74) is 1.55. The van der Waals surface area contributed by atoms with Gasteiger partial charge in [-0.15, -0.1) is 0 Å². The van der Waals surface area contributed by atoms with E-state index in [1.165, 1.54) is 6.26 Å². The van der Waals surface area contributed by atoms with Crippen molar-refractivity contribution in [3.8, 4) is 22.6 Å². The molecule has 3 aromatic rings. The van der Waals surface area contributed by atoms with Gasteiger partial charge >= 0.3 is 0 Å². The first kappa shape index (κ1) is 23.6. The van der Waals surface area contributed by atoms with Crippen molar-refractivity contribution in [2.45, 2.75) is 45.3 Å². The van der Waals surface area contributed by atoms with Gasteiger partial charge in [0.1, 0.15) is 30.0 Å². The molecular formula is C26H30O6. The molecule has 0 spiro atoms. The van der Waals surface area contributed by atoms with Crippen LogP contribution in [0, 0.1) is 0 Å². The van der Waals surface area contributed by atoms with Crippen molar-refractivity contribution in [2.75, 3.05) is 13.7 Å². The molecule has 0 aliphatic heterocycles. The Morgan fingerprint density at radius 2 is 1.84 bits per heavy atom. The number of allylic oxidation sites excluding steroid dienone is 1. The maximum atomic E-state index is 12.9. The largest absolute Gasteiger partial charge is 0.497 e. The molecule has 0 radical (unpaired) electrons. The Labute approximate surface area is 187 Å². The zero-order valence-corrected chi connectivity index (χ0v) is 18.9. The van der Waals surface area contributed by atoms with Gasteiger partial charge in [-0.2, -0.15) is 0 Å². The van der Waals surface area contributed by atoms with Crippen LogP contribution < -0.4 is 14.9 Å². The number of hydrogen-bond donors (Lipinski definition) is 2. The summed E-state index contributed by atoms with van der Waals surface area (Å²) in [6, 6.07) is 12.4. The summed E-state index contributed by atoms with van der Waals surface area (Å²) in [5, 5.41) is 20.2. The van der Waals surface area contributed by atoms with E-state index in [4.69, 9.17) is 13.9 Å². The number of methoxy groups -OCH3 is 1. The number of hydrogen-bond acceptors (Lipinski definition) is 6. The van der Waals surface area contributed by atoms with Crippen LogP contribution in [0.2, 0.25) is 0 Å². The van der Waals surface area contributed by atoms with Crippen LogP contribution in [-0.2, 0) is 0 Å². The molecule has 1 atom stereocenters. The van der Waals surface area contributed by atoms with Gasteiger partial charge in [-0.25, -0.2) is 0 Å². The quantitative estimate of drug-likeness (QED) is 0.471. The van der Waals surface area contributed by atoms with E-state index in [0.717, 1.165) is 16.9 Å². The number of benzene rings is 2. The SMILES string of the molecule is COc1ccc(-c2coc3cc(OC/C=C(\C)CCC(O)C(C)(C)O)ccc3c2=O)cc1. The average Bonchev–Trinajstić information content (AvgIpc) is 2.77. The van der Waals surface area contributed by atoms with Crippen LogP contribution in [-0.4, -0.2) is 35.6 Å². The van der Waals surface area contributed by atoms with Crippen molar-refractivity contribution >= 4 is 11.0 Å². The average molecular weight is 439 g/mol. The molecule has 0 bridgehead atoms. The molecular weight excluding hydrogens is 408 g/mol. The van der Waals surface area contributed by atoms with E-state index in [9.17, 15) is 15.0 Å². The fourth-order valence-corrected chi connectivity index (χ4v) is 3.27. The monoisotopic (exact) mass is 438 g/mol. The fourth-order valence-electron chi connectivity index (χ4n) is 3.27. The number of aliphatic hydroxyl groups excluding tert-OH is 1. The van der Waals surface area contributed by atoms with E-state index < -0.39 is 11.7 Å². The molecule has 3 rings (SSSR count). The van der Waals surface area contributed by atoms with Crippen LogP contribution in [0.3, 0.4) is 0 Å². The lowest BCUT2D eigenvalue weighted by Crippen LogP contribution is -2.35. The Morgan fingerprint density at radius 1 is 1.16 bits per heavy atom. The normalized spacial score (nSPS) is 13.2. The second kappa shape index (κ2) is 10.0. The van der Waals surface area contributed by atoms with E-state index in [-0.39, 0.29) is 5.43 Å². The molecule has 0 saturated heterocycles. The zero-order chi connectivity index (χ0) is 23.3. The molecule has 6 heteroatoms. The predicted octanol–water partition coefficient (Wildman–Crippen LogP) is 4.71. The van der Waals surface area contributed by atoms with Crippen molar-refractivity contribution in [3.05, 3.63) is 70.6 Å². The molecule has 32 heavy (non-hydrogen) atoms. The van der Waals surface area contributed by atoms with Crippen LogP contribution in [0.15, 0.2) is 69.6 Å². The van der Waals surface area contributed by atoms with Crippen LogP contribution in [0.25, 0.3) is 22.1 Å². The first-order chi connectivity index (χ1) is 15.2. The predicted molar refractivity (Wildman–Crippen MR) is 125 cm³/mol. The Balaban J connectivity index is 1.67. The molecule has 6 nitrogen and oxygen atoms in total. The highest BCUT2D eigenvalue weighted by molar-refractivity contribution is 5.82. The molecule has 1 aromatic heterocycles. The van der Waals surface area contributed by atoms with Crippen molar-refractivity contribution < 1.29 is 24.1 Å². The highest BCUT2D eigenvalue weighted by atomic mass is 16.5. The minimum Gasteiger partial charge on any atom is -0.497 e. The highest BCUT2D eigenvalue weighted by Crippen LogP contribution is 2.25. The van der Waals surface area contributed by atoms with Crippen molar-refractivity contribution in [1.82, 2.24) is 0 Å². The second-order valence-corrected chi connectivity index (χ2v) is 8.43. The Hall–Kier alpha value is -3.09. The number of ether oxygens (including phenoxy) is 2. The summed E-state index contributed by atoms with van der Waals surface area (Å²) in [6.45, 7) is 5.50. The first-order valence-corrected chi connectivity index (χ1v) is 10.6. The van der Waals surface area contributed by atoms with Gasteiger partial charge in [0.15, 0.2) is 5.43 Å². The topological polar surface area (TPSA) is 89.1 Å². The third-order valence-corrected chi connectivity index (χ3v) is 5.46. The standard InChI is InChI=1S/C26H30O6/c1-17(5-12-24(27)26(2,3)29)13-14-31-20-10-11-21-23(15-20)32-16-22(25(21)28)18-6-8-19(30-4)9-7-18/h6-11,13,15-16,24,27,29H,5,12,14H2,1-4H3/b17-13+. The van der Waals surface area contributed by atoms with Crippen LogP contribution in [0.5, 0.6) is 11.5 Å². The smallest absolute Gasteiger partial charge is 0.200 e. The van der Waals surface area contributed by atoms with E-state index in [1.807, 2.05) is 25.1 Å². The summed E-state index contributed by atoms with van der Waals surface area (Å²) in [4.78, 5) is 12.9. The minimum absolute atomic E-state index is 0.107. The van der Waals surface area contributed by atoms with Gasteiger partial charge < -0.3 is 24.1 Å². The van der Waals surface area contributed by atoms with Gasteiger partial charge in [-0.3, -0.25) is 4.79 Å². The number of rotatable bonds is 9. The maximum Gasteiger partial charge on any atom is 0.200 e. The molecule has 0 aliphatic carbocycles. The van der Waals surface area contributed by atoms with Crippen molar-refractivity contribution in [3.63, 3.8) is 0 Å². The summed E-state index contributed by atoms with van der Waals surface area (Å²) in [5.74, 6) is 1.32. The zero-order valence-electron chi connectivity index (χ0n) is 18.9. The summed E-state index contributed by atoms with van der Waals surface area (Å²) in [6.07, 6.45) is 3.76. The van der Waals surface area contributed by atoms with Gasteiger partial charge in [0.25, 0.3) is 0 Å². The van der Waals surface area contributed by atoms with E-state index in [1.54, 1.807) is 51.3 Å². The van der Waals surface area contributed by atoms with Crippen molar-refractivity contribution in [1.29, 1.82) is 0 Å². The lowest BCUT2D eigenvalue weighted by atomic mass is 9.96. The van der Waals surface area contributed by atoms with Crippen LogP contribution in [0.4, 0.5) is 0 Å². The lowest BCUT2D eigenvalue weighted by Gasteiger charge is -2.24. The van der Waals surface area contributed by atoms with Gasteiger partial charge in [0, 0.05) is 6.07 Å². The lowest BCUT2D eigenvalue weighted by molar-refractivity contribution is -0.0509. The first-order valence-electron chi connectivity index (χ1n) is 10.6. The van der Waals surface area contributed by atoms with Crippen LogP contribution >= 0.6 is 0 Å². The van der Waals surface area contributed by atoms with E-state index >= 15 is 0 Å². The third-order valence-electron chi connectivity index (χ3n) is 5.46. The van der Waals surface area contributed by atoms with Gasteiger partial charge in [-0.05, 0) is 69.5 Å². The summed E-state index contributed by atoms with van der Waals surface area (Å²) < 4.78 is 16.7. The molecule has 2 N–H and O–H groups in total. The molecule has 0 saturated carbocycles. The highest BCUT2D eigenvalue weighted by Gasteiger charge is 2.23. The Morgan fingerprint density at radius 3 is 2.50 bits per heavy atom. The molecule has 1 unspecified atom stereocenters. The molecule has 0 amide bonds. The van der Waals surface area contributed by atoms with E-state index in [0.29, 0.717) is 41.7 Å². The molecule has 0 fully saturated rings. The Kier molecular flexibility index (Phi) is 7.38. The van der Waals surface area contributed by atoms with E-state index in [2.05, 4.69) is 0 Å². The van der Waals surface area contributed by atoms with Crippen molar-refractivity contribution in [2.24, 2.45) is 0 Å². The summed E-state index contributed by atoms with van der Waals surface area (Å²) >= 11 is 0. The molecule has 2 aromatic carbocycles. The fraction of sp³-hybridized carbons (Fsp3) is 0.346. The van der Waals surface area contributed by atoms with Gasteiger partial charge in [0.05, 0.1) is 29.8 Å². The van der Waals surface area contributed by atoms with Crippen LogP contribution in [0.1, 0.15) is 33.6 Å². The van der Waals surface area contributed by atoms with Gasteiger partial charge in [0.2, 0.25) is 0 Å². The Bertz CT molecular complexity index is 1140. The summed E-state index contributed by atoms with van der Waals surface area (Å²) in [7, 11) is 1.60. The molecule has 0 aliphatic rings. The maximum absolute atomic E-state index is 12.9. The number of aliphatic hydroxyl groups is 2. The number of fused-ring (bicyclic) bond motifs is 1. The third kappa shape index (κ3) is 5.78.